The molecular weight excluding hydrogens is 641 g/mol. The molecule has 1 aliphatic rings. The molecule has 0 radical (unpaired) electrons. The van der Waals surface area contributed by atoms with Crippen molar-refractivity contribution in [1.29, 1.82) is 0 Å². The molecule has 1 saturated heterocycles. The van der Waals surface area contributed by atoms with Crippen molar-refractivity contribution in [2.75, 3.05) is 0 Å². The standard InChI is InChI=1S/C35H40O5Si5/c1-41(31-21-11-6-12-22-31)36-42(2,32-23-13-7-14-24-32)38-44(4,34-27-17-9-18-28-34)40-45(5,35-29-19-10-20-30-35)39-43(3,37-41)33-25-15-8-16-26-33/h6-30H,1-5H3. The van der Waals surface area contributed by atoms with Gasteiger partial charge in [0, 0.05) is 0 Å². The van der Waals surface area contributed by atoms with Crippen LogP contribution < -0.4 is 25.9 Å². The van der Waals surface area contributed by atoms with Gasteiger partial charge in [-0.25, -0.2) is 0 Å². The van der Waals surface area contributed by atoms with Gasteiger partial charge in [-0.15, -0.1) is 0 Å². The maximum Gasteiger partial charge on any atom is 0.352 e. The third-order valence-corrected chi connectivity index (χ3v) is 30.9. The van der Waals surface area contributed by atoms with E-state index in [0.717, 1.165) is 25.9 Å². The Labute approximate surface area is 272 Å². The second-order valence-electron chi connectivity index (χ2n) is 12.1. The third-order valence-electron chi connectivity index (χ3n) is 8.44. The summed E-state index contributed by atoms with van der Waals surface area (Å²) in [6, 6.07) is 51.9. The van der Waals surface area contributed by atoms with E-state index in [1.165, 1.54) is 0 Å². The van der Waals surface area contributed by atoms with Crippen LogP contribution in [-0.4, -0.2) is 42.8 Å². The minimum Gasteiger partial charge on any atom is -0.409 e. The van der Waals surface area contributed by atoms with Gasteiger partial charge < -0.3 is 20.6 Å². The zero-order chi connectivity index (χ0) is 31.6. The molecule has 5 nitrogen and oxygen atoms in total. The van der Waals surface area contributed by atoms with E-state index >= 15 is 0 Å². The second-order valence-corrected chi connectivity index (χ2v) is 28.5. The minimum atomic E-state index is -3.25. The molecule has 45 heavy (non-hydrogen) atoms. The van der Waals surface area contributed by atoms with Crippen molar-refractivity contribution < 1.29 is 20.6 Å². The Morgan fingerprint density at radius 2 is 0.378 bits per heavy atom. The lowest BCUT2D eigenvalue weighted by atomic mass is 10.4. The fourth-order valence-electron chi connectivity index (χ4n) is 6.26. The third kappa shape index (κ3) is 6.62. The monoisotopic (exact) mass is 680 g/mol. The molecule has 230 valence electrons. The van der Waals surface area contributed by atoms with Gasteiger partial charge in [0.15, 0.2) is 0 Å². The lowest BCUT2D eigenvalue weighted by molar-refractivity contribution is 0.254. The smallest absolute Gasteiger partial charge is 0.352 e. The normalized spacial score (nSPS) is 30.8. The van der Waals surface area contributed by atoms with E-state index in [1.807, 2.05) is 30.3 Å². The maximum absolute atomic E-state index is 7.54. The van der Waals surface area contributed by atoms with Crippen LogP contribution in [0.25, 0.3) is 0 Å². The molecule has 0 unspecified atom stereocenters. The maximum atomic E-state index is 7.54. The summed E-state index contributed by atoms with van der Waals surface area (Å²) >= 11 is 0. The average Bonchev–Trinajstić information content (AvgIpc) is 3.06. The van der Waals surface area contributed by atoms with Crippen LogP contribution >= 0.6 is 0 Å². The first-order valence-corrected chi connectivity index (χ1v) is 26.9. The van der Waals surface area contributed by atoms with Crippen LogP contribution in [0.5, 0.6) is 0 Å². The topological polar surface area (TPSA) is 46.2 Å². The molecule has 1 heterocycles. The Hall–Kier alpha value is -3.02. The number of hydrogen-bond donors (Lipinski definition) is 0. The molecular formula is C35H40O5Si5. The predicted octanol–water partition coefficient (Wildman–Crippen LogP) is 4.98. The lowest BCUT2D eigenvalue weighted by Crippen LogP contribution is -2.77. The molecule has 1 fully saturated rings. The molecule has 0 amide bonds. The van der Waals surface area contributed by atoms with Crippen LogP contribution in [0.4, 0.5) is 0 Å². The highest BCUT2D eigenvalue weighted by Gasteiger charge is 2.60. The molecule has 0 saturated carbocycles. The highest BCUT2D eigenvalue weighted by molar-refractivity contribution is 7.05. The molecule has 5 aromatic carbocycles. The van der Waals surface area contributed by atoms with Crippen molar-refractivity contribution in [2.24, 2.45) is 0 Å². The first-order chi connectivity index (χ1) is 21.6. The molecule has 0 aromatic heterocycles. The van der Waals surface area contributed by atoms with E-state index < -0.39 is 42.8 Å². The molecule has 0 bridgehead atoms. The summed E-state index contributed by atoms with van der Waals surface area (Å²) in [6.07, 6.45) is 0. The summed E-state index contributed by atoms with van der Waals surface area (Å²) in [6.45, 7) is 10.8. The Balaban J connectivity index is 1.65. The summed E-state index contributed by atoms with van der Waals surface area (Å²) in [7, 11) is -16.3. The van der Waals surface area contributed by atoms with Crippen LogP contribution in [0.3, 0.4) is 0 Å². The molecule has 1 aliphatic heterocycles. The molecule has 0 spiro atoms. The highest BCUT2D eigenvalue weighted by atomic mass is 28.5. The Morgan fingerprint density at radius 3 is 0.511 bits per heavy atom. The number of rotatable bonds is 5. The van der Waals surface area contributed by atoms with Gasteiger partial charge in [0.1, 0.15) is 0 Å². The van der Waals surface area contributed by atoms with Gasteiger partial charge in [0.05, 0.1) is 0 Å². The zero-order valence-electron chi connectivity index (χ0n) is 26.5. The highest BCUT2D eigenvalue weighted by Crippen LogP contribution is 2.31. The number of hydrogen-bond acceptors (Lipinski definition) is 5. The Kier molecular flexibility index (Phi) is 8.98. The van der Waals surface area contributed by atoms with E-state index in [1.54, 1.807) is 0 Å². The molecule has 10 heteroatoms. The van der Waals surface area contributed by atoms with Gasteiger partial charge in [0.25, 0.3) is 0 Å². The van der Waals surface area contributed by atoms with E-state index in [2.05, 4.69) is 154 Å². The zero-order valence-corrected chi connectivity index (χ0v) is 31.5. The summed E-state index contributed by atoms with van der Waals surface area (Å²) in [5.74, 6) is 0. The van der Waals surface area contributed by atoms with Crippen molar-refractivity contribution in [3.8, 4) is 0 Å². The average molecular weight is 681 g/mol. The largest absolute Gasteiger partial charge is 0.409 e. The van der Waals surface area contributed by atoms with Crippen molar-refractivity contribution in [1.82, 2.24) is 0 Å². The molecule has 0 aliphatic carbocycles. The SMILES string of the molecule is C[Si]1(c2ccccc2)O[Si](C)(c2ccccc2)O[Si](C)(c2ccccc2)O[Si](C)(c2ccccc2)O[Si](C)(c2ccccc2)O1. The Morgan fingerprint density at radius 1 is 0.244 bits per heavy atom. The molecule has 0 N–H and O–H groups in total. The fourth-order valence-corrected chi connectivity index (χ4v) is 32.5. The first-order valence-electron chi connectivity index (χ1n) is 15.3. The van der Waals surface area contributed by atoms with Crippen LogP contribution in [-0.2, 0) is 20.6 Å². The van der Waals surface area contributed by atoms with Crippen LogP contribution in [0, 0.1) is 0 Å². The summed E-state index contributed by atoms with van der Waals surface area (Å²) in [4.78, 5) is 0. The molecule has 5 aromatic rings. The van der Waals surface area contributed by atoms with Gasteiger partial charge in [-0.2, -0.15) is 0 Å². The van der Waals surface area contributed by atoms with Crippen molar-refractivity contribution in [3.63, 3.8) is 0 Å². The van der Waals surface area contributed by atoms with E-state index in [4.69, 9.17) is 20.6 Å². The molecule has 0 atom stereocenters. The van der Waals surface area contributed by atoms with Crippen molar-refractivity contribution in [3.05, 3.63) is 152 Å². The van der Waals surface area contributed by atoms with Gasteiger partial charge in [-0.3, -0.25) is 0 Å². The van der Waals surface area contributed by atoms with Gasteiger partial charge in [-0.05, 0) is 58.7 Å². The second kappa shape index (κ2) is 12.6. The Bertz CT molecular complexity index is 1390. The van der Waals surface area contributed by atoms with Crippen molar-refractivity contribution >= 4 is 68.7 Å². The quantitative estimate of drug-likeness (QED) is 0.245. The number of benzene rings is 5. The first kappa shape index (κ1) is 31.9. The van der Waals surface area contributed by atoms with Crippen molar-refractivity contribution in [2.45, 2.75) is 32.7 Å². The summed E-state index contributed by atoms with van der Waals surface area (Å²) < 4.78 is 37.7. The van der Waals surface area contributed by atoms with Crippen LogP contribution in [0.15, 0.2) is 152 Å². The van der Waals surface area contributed by atoms with Crippen LogP contribution in [0.1, 0.15) is 0 Å². The minimum absolute atomic E-state index is 1.04. The van der Waals surface area contributed by atoms with Gasteiger partial charge >= 0.3 is 42.8 Å². The van der Waals surface area contributed by atoms with E-state index in [0.29, 0.717) is 0 Å². The summed E-state index contributed by atoms with van der Waals surface area (Å²) in [5, 5.41) is 5.18. The summed E-state index contributed by atoms with van der Waals surface area (Å²) in [5.41, 5.74) is 0. The fraction of sp³-hybridized carbons (Fsp3) is 0.143. The predicted molar refractivity (Wildman–Crippen MR) is 194 cm³/mol. The van der Waals surface area contributed by atoms with E-state index in [9.17, 15) is 0 Å². The molecule has 6 rings (SSSR count). The van der Waals surface area contributed by atoms with Crippen LogP contribution in [0.2, 0.25) is 32.7 Å². The lowest BCUT2D eigenvalue weighted by Gasteiger charge is -2.50. The van der Waals surface area contributed by atoms with E-state index in [-0.39, 0.29) is 0 Å². The van der Waals surface area contributed by atoms with Gasteiger partial charge in [0.2, 0.25) is 0 Å². The van der Waals surface area contributed by atoms with Gasteiger partial charge in [-0.1, -0.05) is 152 Å².